The summed E-state index contributed by atoms with van der Waals surface area (Å²) in [5.74, 6) is 1.43. The average Bonchev–Trinajstić information content (AvgIpc) is 2.33. The summed E-state index contributed by atoms with van der Waals surface area (Å²) in [6, 6.07) is 8.52. The molecule has 1 aromatic carbocycles. The molecule has 0 heterocycles. The van der Waals surface area contributed by atoms with E-state index in [-0.39, 0.29) is 12.7 Å². The molecule has 0 aliphatic carbocycles. The smallest absolute Gasteiger partial charge is 0.120 e. The molecule has 108 valence electrons. The van der Waals surface area contributed by atoms with Crippen LogP contribution in [0.3, 0.4) is 0 Å². The number of aliphatic hydroxyl groups is 1. The highest BCUT2D eigenvalue weighted by Gasteiger charge is 2.11. The minimum atomic E-state index is 0.195. The minimum Gasteiger partial charge on any atom is -0.491 e. The highest BCUT2D eigenvalue weighted by molar-refractivity contribution is 5.28. The number of nitrogens with one attached hydrogen (secondary N) is 1. The van der Waals surface area contributed by atoms with Crippen LogP contribution in [0.15, 0.2) is 24.3 Å². The highest BCUT2D eigenvalue weighted by atomic mass is 16.5. The van der Waals surface area contributed by atoms with Crippen LogP contribution in [0.4, 0.5) is 0 Å². The Bertz CT molecular complexity index is 364. The zero-order chi connectivity index (χ0) is 14.3. The van der Waals surface area contributed by atoms with Crippen molar-refractivity contribution in [3.05, 3.63) is 29.8 Å². The van der Waals surface area contributed by atoms with Gasteiger partial charge in [0, 0.05) is 19.2 Å². The highest BCUT2D eigenvalue weighted by Crippen LogP contribution is 2.15. The van der Waals surface area contributed by atoms with Crippen molar-refractivity contribution < 1.29 is 9.84 Å². The molecule has 1 atom stereocenters. The van der Waals surface area contributed by atoms with Crippen molar-refractivity contribution in [3.8, 4) is 5.75 Å². The number of benzene rings is 1. The fraction of sp³-hybridized carbons (Fsp3) is 0.625. The summed E-state index contributed by atoms with van der Waals surface area (Å²) in [4.78, 5) is 0. The molecule has 0 aliphatic rings. The third-order valence-corrected chi connectivity index (χ3v) is 3.08. The van der Waals surface area contributed by atoms with Crippen molar-refractivity contribution in [1.29, 1.82) is 0 Å². The van der Waals surface area contributed by atoms with E-state index in [2.05, 4.69) is 31.3 Å². The standard InChI is InChI=1S/C16H27NO2/c1-12(2)16(8-9-18)17-11-14-6-5-7-15(10-14)19-13(3)4/h5-7,10,12-13,16-18H,8-9,11H2,1-4H3. The molecule has 0 radical (unpaired) electrons. The SMILES string of the molecule is CC(C)Oc1cccc(CNC(CCO)C(C)C)c1. The van der Waals surface area contributed by atoms with Gasteiger partial charge in [-0.05, 0) is 43.9 Å². The molecule has 0 amide bonds. The Morgan fingerprint density at radius 1 is 1.21 bits per heavy atom. The van der Waals surface area contributed by atoms with Crippen molar-refractivity contribution in [2.75, 3.05) is 6.61 Å². The second-order valence-corrected chi connectivity index (χ2v) is 5.56. The third-order valence-electron chi connectivity index (χ3n) is 3.08. The van der Waals surface area contributed by atoms with Gasteiger partial charge in [-0.25, -0.2) is 0 Å². The van der Waals surface area contributed by atoms with Crippen LogP contribution >= 0.6 is 0 Å². The Morgan fingerprint density at radius 3 is 2.53 bits per heavy atom. The zero-order valence-electron chi connectivity index (χ0n) is 12.5. The molecule has 1 rings (SSSR count). The van der Waals surface area contributed by atoms with Gasteiger partial charge < -0.3 is 15.2 Å². The number of rotatable bonds is 8. The first-order chi connectivity index (χ1) is 9.02. The van der Waals surface area contributed by atoms with Crippen molar-refractivity contribution >= 4 is 0 Å². The van der Waals surface area contributed by atoms with Crippen molar-refractivity contribution in [1.82, 2.24) is 5.32 Å². The van der Waals surface area contributed by atoms with Crippen molar-refractivity contribution in [2.45, 2.75) is 52.8 Å². The van der Waals surface area contributed by atoms with Crippen LogP contribution in [0.2, 0.25) is 0 Å². The Hall–Kier alpha value is -1.06. The lowest BCUT2D eigenvalue weighted by Gasteiger charge is -2.21. The molecule has 1 aromatic rings. The molecule has 0 aliphatic heterocycles. The predicted molar refractivity (Wildman–Crippen MR) is 79.4 cm³/mol. The molecule has 0 aromatic heterocycles. The normalized spacial score (nSPS) is 13.0. The second-order valence-electron chi connectivity index (χ2n) is 5.56. The van der Waals surface area contributed by atoms with Crippen LogP contribution in [0.25, 0.3) is 0 Å². The number of aliphatic hydroxyl groups excluding tert-OH is 1. The van der Waals surface area contributed by atoms with Gasteiger partial charge in [-0.3, -0.25) is 0 Å². The van der Waals surface area contributed by atoms with E-state index in [1.165, 1.54) is 5.56 Å². The molecular weight excluding hydrogens is 238 g/mol. The molecule has 3 nitrogen and oxygen atoms in total. The van der Waals surface area contributed by atoms with Gasteiger partial charge in [0.25, 0.3) is 0 Å². The maximum atomic E-state index is 9.07. The van der Waals surface area contributed by atoms with Gasteiger partial charge in [-0.2, -0.15) is 0 Å². The van der Waals surface area contributed by atoms with Gasteiger partial charge in [-0.15, -0.1) is 0 Å². The zero-order valence-corrected chi connectivity index (χ0v) is 12.5. The van der Waals surface area contributed by atoms with Crippen LogP contribution in [-0.4, -0.2) is 23.9 Å². The van der Waals surface area contributed by atoms with Gasteiger partial charge in [0.1, 0.15) is 5.75 Å². The van der Waals surface area contributed by atoms with Gasteiger partial charge in [0.2, 0.25) is 0 Å². The lowest BCUT2D eigenvalue weighted by Crippen LogP contribution is -2.34. The monoisotopic (exact) mass is 265 g/mol. The summed E-state index contributed by atoms with van der Waals surface area (Å²) < 4.78 is 5.69. The summed E-state index contributed by atoms with van der Waals surface area (Å²) in [6.45, 7) is 9.43. The summed E-state index contributed by atoms with van der Waals surface area (Å²) in [5, 5.41) is 12.6. The Kier molecular flexibility index (Phi) is 6.89. The molecule has 2 N–H and O–H groups in total. The van der Waals surface area contributed by atoms with E-state index in [4.69, 9.17) is 9.84 Å². The fourth-order valence-electron chi connectivity index (χ4n) is 2.06. The number of ether oxygens (including phenoxy) is 1. The van der Waals surface area contributed by atoms with E-state index in [1.807, 2.05) is 26.0 Å². The first-order valence-electron chi connectivity index (χ1n) is 7.12. The predicted octanol–water partition coefficient (Wildman–Crippen LogP) is 2.97. The Labute approximate surface area is 117 Å². The van der Waals surface area contributed by atoms with Crippen LogP contribution in [-0.2, 0) is 6.54 Å². The van der Waals surface area contributed by atoms with E-state index < -0.39 is 0 Å². The lowest BCUT2D eigenvalue weighted by molar-refractivity contribution is 0.240. The van der Waals surface area contributed by atoms with Crippen LogP contribution in [0, 0.1) is 5.92 Å². The number of hydrogen-bond acceptors (Lipinski definition) is 3. The number of hydrogen-bond donors (Lipinski definition) is 2. The van der Waals surface area contributed by atoms with E-state index >= 15 is 0 Å². The molecule has 19 heavy (non-hydrogen) atoms. The summed E-state index contributed by atoms with van der Waals surface area (Å²) in [5.41, 5.74) is 1.21. The fourth-order valence-corrected chi connectivity index (χ4v) is 2.06. The van der Waals surface area contributed by atoms with Crippen molar-refractivity contribution in [3.63, 3.8) is 0 Å². The van der Waals surface area contributed by atoms with Gasteiger partial charge in [0.05, 0.1) is 6.10 Å². The average molecular weight is 265 g/mol. The Morgan fingerprint density at radius 2 is 1.95 bits per heavy atom. The second kappa shape index (κ2) is 8.18. The quantitative estimate of drug-likeness (QED) is 0.759. The first kappa shape index (κ1) is 16.0. The molecular formula is C16H27NO2. The van der Waals surface area contributed by atoms with Crippen LogP contribution in [0.5, 0.6) is 5.75 Å². The van der Waals surface area contributed by atoms with Gasteiger partial charge >= 0.3 is 0 Å². The molecule has 0 bridgehead atoms. The van der Waals surface area contributed by atoms with Crippen LogP contribution < -0.4 is 10.1 Å². The maximum absolute atomic E-state index is 9.07. The lowest BCUT2D eigenvalue weighted by atomic mass is 10.0. The summed E-state index contributed by atoms with van der Waals surface area (Å²) >= 11 is 0. The first-order valence-corrected chi connectivity index (χ1v) is 7.12. The van der Waals surface area contributed by atoms with E-state index in [0.717, 1.165) is 18.7 Å². The van der Waals surface area contributed by atoms with Gasteiger partial charge in [-0.1, -0.05) is 26.0 Å². The van der Waals surface area contributed by atoms with E-state index in [9.17, 15) is 0 Å². The molecule has 0 saturated carbocycles. The molecule has 3 heteroatoms. The molecule has 0 saturated heterocycles. The third kappa shape index (κ3) is 6.08. The van der Waals surface area contributed by atoms with Crippen molar-refractivity contribution in [2.24, 2.45) is 5.92 Å². The van der Waals surface area contributed by atoms with E-state index in [1.54, 1.807) is 0 Å². The molecule has 0 fully saturated rings. The van der Waals surface area contributed by atoms with Crippen LogP contribution in [0.1, 0.15) is 39.7 Å². The largest absolute Gasteiger partial charge is 0.491 e. The summed E-state index contributed by atoms with van der Waals surface area (Å²) in [6.07, 6.45) is 0.987. The topological polar surface area (TPSA) is 41.5 Å². The van der Waals surface area contributed by atoms with Gasteiger partial charge in [0.15, 0.2) is 0 Å². The minimum absolute atomic E-state index is 0.195. The Balaban J connectivity index is 2.56. The molecule has 0 spiro atoms. The maximum Gasteiger partial charge on any atom is 0.120 e. The van der Waals surface area contributed by atoms with E-state index in [0.29, 0.717) is 12.0 Å². The molecule has 1 unspecified atom stereocenters. The summed E-state index contributed by atoms with van der Waals surface area (Å²) in [7, 11) is 0.